The molecule has 1 unspecified atom stereocenters. The van der Waals surface area contributed by atoms with E-state index in [1.807, 2.05) is 18.2 Å². The topological polar surface area (TPSA) is 61.5 Å². The van der Waals surface area contributed by atoms with E-state index in [9.17, 15) is 4.79 Å². The summed E-state index contributed by atoms with van der Waals surface area (Å²) in [4.78, 5) is 11.2. The van der Waals surface area contributed by atoms with Crippen LogP contribution >= 0.6 is 15.9 Å². The van der Waals surface area contributed by atoms with Gasteiger partial charge in [-0.25, -0.2) is 4.79 Å². The highest BCUT2D eigenvalue weighted by Gasteiger charge is 2.08. The Morgan fingerprint density at radius 3 is 2.74 bits per heavy atom. The van der Waals surface area contributed by atoms with Crippen LogP contribution in [0.2, 0.25) is 0 Å². The zero-order valence-electron chi connectivity index (χ0n) is 11.3. The highest BCUT2D eigenvalue weighted by Crippen LogP contribution is 2.26. The third kappa shape index (κ3) is 5.61. The molecule has 0 aliphatic rings. The van der Waals surface area contributed by atoms with Crippen LogP contribution < -0.4 is 10.5 Å². The SMILES string of the molecule is CCOC(=O)COc1ccc(CC(N)CC)cc1Br. The second-order valence-corrected chi connectivity index (χ2v) is 5.09. The lowest BCUT2D eigenvalue weighted by molar-refractivity contribution is -0.145. The van der Waals surface area contributed by atoms with Crippen LogP contribution in [-0.2, 0) is 16.0 Å². The number of esters is 1. The fourth-order valence-corrected chi connectivity index (χ4v) is 2.12. The molecule has 0 aliphatic heterocycles. The van der Waals surface area contributed by atoms with Gasteiger partial charge >= 0.3 is 5.97 Å². The zero-order valence-corrected chi connectivity index (χ0v) is 12.9. The normalized spacial score (nSPS) is 12.0. The summed E-state index contributed by atoms with van der Waals surface area (Å²) in [7, 11) is 0. The number of nitrogens with two attached hydrogens (primary N) is 1. The molecule has 0 saturated heterocycles. The van der Waals surface area contributed by atoms with Gasteiger partial charge in [0, 0.05) is 6.04 Å². The molecule has 0 amide bonds. The standard InChI is InChI=1S/C14H20BrNO3/c1-3-11(16)7-10-5-6-13(12(15)8-10)19-9-14(17)18-4-2/h5-6,8,11H,3-4,7,9,16H2,1-2H3. The summed E-state index contributed by atoms with van der Waals surface area (Å²) in [5.74, 6) is 0.258. The first-order valence-corrected chi connectivity index (χ1v) is 7.18. The number of carbonyl (C=O) groups excluding carboxylic acids is 1. The van der Waals surface area contributed by atoms with Crippen LogP contribution in [0, 0.1) is 0 Å². The quantitative estimate of drug-likeness (QED) is 0.781. The second kappa shape index (κ2) is 8.17. The van der Waals surface area contributed by atoms with Gasteiger partial charge in [-0.05, 0) is 53.4 Å². The summed E-state index contributed by atoms with van der Waals surface area (Å²) in [6, 6.07) is 5.93. The third-order valence-corrected chi connectivity index (χ3v) is 3.29. The van der Waals surface area contributed by atoms with Crippen molar-refractivity contribution >= 4 is 21.9 Å². The predicted molar refractivity (Wildman–Crippen MR) is 78.2 cm³/mol. The molecule has 0 radical (unpaired) electrons. The van der Waals surface area contributed by atoms with E-state index in [4.69, 9.17) is 15.2 Å². The highest BCUT2D eigenvalue weighted by molar-refractivity contribution is 9.10. The van der Waals surface area contributed by atoms with Crippen LogP contribution in [0.3, 0.4) is 0 Å². The molecule has 0 bridgehead atoms. The highest BCUT2D eigenvalue weighted by atomic mass is 79.9. The number of hydrogen-bond acceptors (Lipinski definition) is 4. The average molecular weight is 330 g/mol. The molecule has 0 aromatic heterocycles. The molecule has 1 atom stereocenters. The average Bonchev–Trinajstić information content (AvgIpc) is 2.38. The van der Waals surface area contributed by atoms with Crippen molar-refractivity contribution in [1.29, 1.82) is 0 Å². The summed E-state index contributed by atoms with van der Waals surface area (Å²) >= 11 is 3.43. The van der Waals surface area contributed by atoms with E-state index in [0.29, 0.717) is 12.4 Å². The van der Waals surface area contributed by atoms with Gasteiger partial charge < -0.3 is 15.2 Å². The number of hydrogen-bond donors (Lipinski definition) is 1. The summed E-state index contributed by atoms with van der Waals surface area (Å²) in [6.45, 7) is 4.10. The fraction of sp³-hybridized carbons (Fsp3) is 0.500. The molecule has 1 aromatic rings. The minimum Gasteiger partial charge on any atom is -0.481 e. The predicted octanol–water partition coefficient (Wildman–Crippen LogP) is 2.67. The van der Waals surface area contributed by atoms with Crippen LogP contribution in [0.15, 0.2) is 22.7 Å². The van der Waals surface area contributed by atoms with E-state index in [1.54, 1.807) is 6.92 Å². The molecule has 1 rings (SSSR count). The molecule has 0 spiro atoms. The second-order valence-electron chi connectivity index (χ2n) is 4.23. The van der Waals surface area contributed by atoms with Crippen molar-refractivity contribution in [2.75, 3.05) is 13.2 Å². The Morgan fingerprint density at radius 2 is 2.16 bits per heavy atom. The Hall–Kier alpha value is -1.07. The molecular formula is C14H20BrNO3. The smallest absolute Gasteiger partial charge is 0.344 e. The van der Waals surface area contributed by atoms with Crippen molar-refractivity contribution in [1.82, 2.24) is 0 Å². The van der Waals surface area contributed by atoms with E-state index in [2.05, 4.69) is 22.9 Å². The number of ether oxygens (including phenoxy) is 2. The van der Waals surface area contributed by atoms with Gasteiger partial charge in [0.2, 0.25) is 0 Å². The number of carbonyl (C=O) groups is 1. The van der Waals surface area contributed by atoms with Gasteiger partial charge in [0.15, 0.2) is 6.61 Å². The van der Waals surface area contributed by atoms with Gasteiger partial charge in [0.05, 0.1) is 11.1 Å². The Kier molecular flexibility index (Phi) is 6.87. The van der Waals surface area contributed by atoms with Crippen molar-refractivity contribution in [2.45, 2.75) is 32.7 Å². The Morgan fingerprint density at radius 1 is 1.42 bits per heavy atom. The van der Waals surface area contributed by atoms with Crippen molar-refractivity contribution in [3.63, 3.8) is 0 Å². The molecule has 0 aliphatic carbocycles. The molecule has 5 heteroatoms. The lowest BCUT2D eigenvalue weighted by Crippen LogP contribution is -2.21. The molecule has 4 nitrogen and oxygen atoms in total. The molecule has 19 heavy (non-hydrogen) atoms. The first-order valence-electron chi connectivity index (χ1n) is 6.39. The van der Waals surface area contributed by atoms with Gasteiger partial charge in [-0.15, -0.1) is 0 Å². The van der Waals surface area contributed by atoms with Crippen molar-refractivity contribution in [3.8, 4) is 5.75 Å². The van der Waals surface area contributed by atoms with Crippen LogP contribution in [-0.4, -0.2) is 25.2 Å². The first kappa shape index (κ1) is 16.0. The maximum absolute atomic E-state index is 11.2. The van der Waals surface area contributed by atoms with E-state index in [0.717, 1.165) is 22.9 Å². The van der Waals surface area contributed by atoms with E-state index >= 15 is 0 Å². The van der Waals surface area contributed by atoms with Crippen molar-refractivity contribution in [3.05, 3.63) is 28.2 Å². The van der Waals surface area contributed by atoms with Crippen LogP contribution in [0.5, 0.6) is 5.75 Å². The maximum Gasteiger partial charge on any atom is 0.344 e. The lowest BCUT2D eigenvalue weighted by Gasteiger charge is -2.11. The number of benzene rings is 1. The molecule has 0 fully saturated rings. The van der Waals surface area contributed by atoms with Crippen molar-refractivity contribution < 1.29 is 14.3 Å². The summed E-state index contributed by atoms with van der Waals surface area (Å²) in [6.07, 6.45) is 1.77. The van der Waals surface area contributed by atoms with Crippen LogP contribution in [0.25, 0.3) is 0 Å². The fourth-order valence-electron chi connectivity index (χ4n) is 1.57. The first-order chi connectivity index (χ1) is 9.06. The van der Waals surface area contributed by atoms with Crippen molar-refractivity contribution in [2.24, 2.45) is 5.73 Å². The van der Waals surface area contributed by atoms with Gasteiger partial charge in [-0.1, -0.05) is 13.0 Å². The molecule has 1 aromatic carbocycles. The van der Waals surface area contributed by atoms with Gasteiger partial charge in [-0.3, -0.25) is 0 Å². The number of halogens is 1. The van der Waals surface area contributed by atoms with Gasteiger partial charge in [0.25, 0.3) is 0 Å². The largest absolute Gasteiger partial charge is 0.481 e. The Balaban J connectivity index is 2.59. The molecular weight excluding hydrogens is 310 g/mol. The monoisotopic (exact) mass is 329 g/mol. The Labute approximate surface area is 122 Å². The number of rotatable bonds is 7. The van der Waals surface area contributed by atoms with E-state index in [1.165, 1.54) is 0 Å². The summed E-state index contributed by atoms with van der Waals surface area (Å²) in [5, 5.41) is 0. The minimum absolute atomic E-state index is 0.0831. The van der Waals surface area contributed by atoms with Gasteiger partial charge in [0.1, 0.15) is 5.75 Å². The molecule has 106 valence electrons. The Bertz CT molecular complexity index is 423. The summed E-state index contributed by atoms with van der Waals surface area (Å²) < 4.78 is 11.0. The van der Waals surface area contributed by atoms with Crippen LogP contribution in [0.4, 0.5) is 0 Å². The molecule has 0 saturated carbocycles. The minimum atomic E-state index is -0.369. The molecule has 0 heterocycles. The van der Waals surface area contributed by atoms with Gasteiger partial charge in [-0.2, -0.15) is 0 Å². The third-order valence-electron chi connectivity index (χ3n) is 2.67. The lowest BCUT2D eigenvalue weighted by atomic mass is 10.0. The van der Waals surface area contributed by atoms with E-state index in [-0.39, 0.29) is 18.6 Å². The summed E-state index contributed by atoms with van der Waals surface area (Å²) in [5.41, 5.74) is 7.06. The zero-order chi connectivity index (χ0) is 14.3. The maximum atomic E-state index is 11.2. The molecule has 2 N–H and O–H groups in total. The van der Waals surface area contributed by atoms with Crippen LogP contribution in [0.1, 0.15) is 25.8 Å². The van der Waals surface area contributed by atoms with E-state index < -0.39 is 0 Å².